The maximum atomic E-state index is 12.4. The minimum atomic E-state index is -0.898. The minimum absolute atomic E-state index is 0.0379. The van der Waals surface area contributed by atoms with Crippen molar-refractivity contribution >= 4 is 46.1 Å². The van der Waals surface area contributed by atoms with Crippen molar-refractivity contribution in [1.82, 2.24) is 29.9 Å². The minimum Gasteiger partial charge on any atom is -0.449 e. The molecule has 3 N–H and O–H groups in total. The van der Waals surface area contributed by atoms with Crippen LogP contribution in [-0.4, -0.2) is 42.6 Å². The van der Waals surface area contributed by atoms with E-state index >= 15 is 0 Å². The van der Waals surface area contributed by atoms with Gasteiger partial charge in [-0.3, -0.25) is 15.1 Å². The molecule has 0 aliphatic rings. The van der Waals surface area contributed by atoms with Gasteiger partial charge in [-0.1, -0.05) is 50.4 Å². The van der Waals surface area contributed by atoms with E-state index in [1.54, 1.807) is 6.07 Å². The predicted octanol–water partition coefficient (Wildman–Crippen LogP) is 4.76. The first kappa shape index (κ1) is 26.2. The van der Waals surface area contributed by atoms with E-state index in [0.717, 1.165) is 22.1 Å². The Morgan fingerprint density at radius 3 is 2.57 bits per heavy atom. The second kappa shape index (κ2) is 11.0. The van der Waals surface area contributed by atoms with Crippen molar-refractivity contribution < 1.29 is 14.3 Å². The Balaban J connectivity index is 1.63. The summed E-state index contributed by atoms with van der Waals surface area (Å²) in [6, 6.07) is 4.45. The Labute approximate surface area is 219 Å². The molecule has 3 heterocycles. The maximum Gasteiger partial charge on any atom is 0.413 e. The monoisotopic (exact) mass is 547 g/mol. The first-order valence-corrected chi connectivity index (χ1v) is 12.1. The number of H-pyrrole nitrogens is 2. The molecule has 0 atom stereocenters. The fraction of sp³-hybridized carbons (Fsp3) is 0.304. The van der Waals surface area contributed by atoms with Gasteiger partial charge >= 0.3 is 11.8 Å². The fourth-order valence-corrected chi connectivity index (χ4v) is 3.97. The number of nitrogens with zero attached hydrogens (tertiary/aromatic N) is 4. The van der Waals surface area contributed by atoms with E-state index in [4.69, 9.17) is 32.7 Å². The molecule has 0 radical (unpaired) electrons. The third kappa shape index (κ3) is 5.75. The summed E-state index contributed by atoms with van der Waals surface area (Å²) < 4.78 is 11.6. The molecular weight excluding hydrogens is 525 g/mol. The topological polar surface area (TPSA) is 157 Å². The van der Waals surface area contributed by atoms with Crippen LogP contribution in [-0.2, 0) is 4.74 Å². The van der Waals surface area contributed by atoms with Crippen LogP contribution in [0.1, 0.15) is 45.1 Å². The molecule has 1 aromatic carbocycles. The molecule has 0 unspecified atom stereocenters. The van der Waals surface area contributed by atoms with Gasteiger partial charge < -0.3 is 14.5 Å². The Kier molecular flexibility index (Phi) is 7.79. The van der Waals surface area contributed by atoms with Gasteiger partial charge in [-0.05, 0) is 30.0 Å². The van der Waals surface area contributed by atoms with Crippen molar-refractivity contribution in [1.29, 1.82) is 0 Å². The second-order valence-corrected chi connectivity index (χ2v) is 9.13. The van der Waals surface area contributed by atoms with E-state index in [1.807, 2.05) is 13.1 Å². The van der Waals surface area contributed by atoms with Crippen LogP contribution in [0.5, 0.6) is 11.6 Å². The first-order chi connectivity index (χ1) is 17.7. The molecule has 0 bridgehead atoms. The molecule has 0 saturated heterocycles. The summed E-state index contributed by atoms with van der Waals surface area (Å²) in [5, 5.41) is 15.2. The van der Waals surface area contributed by atoms with E-state index in [1.165, 1.54) is 12.1 Å². The number of ether oxygens (including phenoxy) is 2. The summed E-state index contributed by atoms with van der Waals surface area (Å²) in [5.74, 6) is 0.0540. The van der Waals surface area contributed by atoms with E-state index in [9.17, 15) is 14.4 Å². The number of fused-ring (bicyclic) bond motifs is 1. The van der Waals surface area contributed by atoms with Gasteiger partial charge in [0.15, 0.2) is 11.4 Å². The summed E-state index contributed by atoms with van der Waals surface area (Å²) in [5.41, 5.74) is 0.00141. The van der Waals surface area contributed by atoms with Gasteiger partial charge in [0.05, 0.1) is 22.3 Å². The lowest BCUT2D eigenvalue weighted by Crippen LogP contribution is -2.34. The number of carbonyl (C=O) groups excluding carboxylic acids is 1. The molecule has 1 amide bonds. The number of carbonyl (C=O) groups is 1. The molecule has 0 saturated carbocycles. The summed E-state index contributed by atoms with van der Waals surface area (Å²) in [6.07, 6.45) is 2.47. The molecule has 0 spiro atoms. The average Bonchev–Trinajstić information content (AvgIpc) is 3.27. The number of aromatic nitrogens is 6. The van der Waals surface area contributed by atoms with Crippen LogP contribution in [0.25, 0.3) is 16.7 Å². The molecule has 14 heteroatoms. The van der Waals surface area contributed by atoms with Crippen molar-refractivity contribution in [2.24, 2.45) is 0 Å². The zero-order valence-corrected chi connectivity index (χ0v) is 21.6. The summed E-state index contributed by atoms with van der Waals surface area (Å²) >= 11 is 12.8. The highest BCUT2D eigenvalue weighted by Gasteiger charge is 2.18. The van der Waals surface area contributed by atoms with Crippen LogP contribution in [0.4, 0.5) is 10.6 Å². The smallest absolute Gasteiger partial charge is 0.413 e. The second-order valence-electron chi connectivity index (χ2n) is 8.32. The Morgan fingerprint density at radius 2 is 1.89 bits per heavy atom. The zero-order chi connectivity index (χ0) is 26.7. The number of hydrogen-bond acceptors (Lipinski definition) is 8. The molecule has 4 rings (SSSR count). The van der Waals surface area contributed by atoms with Gasteiger partial charge in [-0.2, -0.15) is 4.68 Å². The van der Waals surface area contributed by atoms with E-state index in [-0.39, 0.29) is 39.9 Å². The van der Waals surface area contributed by atoms with Crippen LogP contribution >= 0.6 is 23.2 Å². The zero-order valence-electron chi connectivity index (χ0n) is 20.1. The number of anilines is 1. The van der Waals surface area contributed by atoms with Gasteiger partial charge in [0.2, 0.25) is 11.7 Å². The number of aromatic amines is 2. The largest absolute Gasteiger partial charge is 0.449 e. The van der Waals surface area contributed by atoms with Crippen LogP contribution in [0.2, 0.25) is 10.0 Å². The molecule has 3 aromatic heterocycles. The van der Waals surface area contributed by atoms with Crippen LogP contribution in [0.15, 0.2) is 34.0 Å². The molecule has 0 aliphatic heterocycles. The SMILES string of the molecule is CCCCOC(=O)Nc1nn(-c2cc(Cl)c(Oc3cc4c(C(C)C)c[nH]c4nn3)c(Cl)c2)c(=O)[nH]c1=O. The van der Waals surface area contributed by atoms with Gasteiger partial charge in [0.1, 0.15) is 0 Å². The maximum absolute atomic E-state index is 12.4. The number of benzene rings is 1. The van der Waals surface area contributed by atoms with E-state index in [0.29, 0.717) is 12.1 Å². The molecule has 4 aromatic rings. The van der Waals surface area contributed by atoms with Crippen molar-refractivity contribution in [2.45, 2.75) is 39.5 Å². The lowest BCUT2D eigenvalue weighted by atomic mass is 10.0. The van der Waals surface area contributed by atoms with Crippen molar-refractivity contribution in [3.63, 3.8) is 0 Å². The van der Waals surface area contributed by atoms with Crippen molar-refractivity contribution in [3.05, 3.63) is 60.8 Å². The van der Waals surface area contributed by atoms with Crippen molar-refractivity contribution in [2.75, 3.05) is 11.9 Å². The third-order valence-electron chi connectivity index (χ3n) is 5.28. The number of rotatable bonds is 8. The molecular formula is C23H23Cl2N7O5. The Morgan fingerprint density at radius 1 is 1.16 bits per heavy atom. The molecule has 194 valence electrons. The third-order valence-corrected chi connectivity index (χ3v) is 5.84. The Bertz CT molecular complexity index is 1550. The summed E-state index contributed by atoms with van der Waals surface area (Å²) in [7, 11) is 0. The van der Waals surface area contributed by atoms with Crippen LogP contribution in [0, 0.1) is 0 Å². The number of unbranched alkanes of at least 4 members (excludes halogenated alkanes) is 1. The Hall–Kier alpha value is -3.90. The predicted molar refractivity (Wildman–Crippen MR) is 138 cm³/mol. The van der Waals surface area contributed by atoms with Gasteiger partial charge in [0, 0.05) is 17.6 Å². The van der Waals surface area contributed by atoms with Crippen LogP contribution < -0.4 is 21.3 Å². The fourth-order valence-electron chi connectivity index (χ4n) is 3.42. The molecule has 12 nitrogen and oxygen atoms in total. The first-order valence-electron chi connectivity index (χ1n) is 11.4. The normalized spacial score (nSPS) is 11.2. The lowest BCUT2D eigenvalue weighted by Gasteiger charge is -2.12. The number of hydrogen-bond donors (Lipinski definition) is 3. The number of halogens is 2. The molecule has 0 aliphatic carbocycles. The van der Waals surface area contributed by atoms with Crippen molar-refractivity contribution in [3.8, 4) is 17.3 Å². The molecule has 0 fully saturated rings. The van der Waals surface area contributed by atoms with E-state index < -0.39 is 23.2 Å². The highest BCUT2D eigenvalue weighted by atomic mass is 35.5. The lowest BCUT2D eigenvalue weighted by molar-refractivity contribution is 0.159. The van der Waals surface area contributed by atoms with Gasteiger partial charge in [-0.25, -0.2) is 9.59 Å². The summed E-state index contributed by atoms with van der Waals surface area (Å²) in [4.78, 5) is 41.7. The highest BCUT2D eigenvalue weighted by Crippen LogP contribution is 2.38. The van der Waals surface area contributed by atoms with Gasteiger partial charge in [0.25, 0.3) is 5.56 Å². The number of nitrogens with one attached hydrogen (secondary N) is 3. The number of amides is 1. The molecule has 37 heavy (non-hydrogen) atoms. The van der Waals surface area contributed by atoms with Crippen LogP contribution in [0.3, 0.4) is 0 Å². The van der Waals surface area contributed by atoms with Gasteiger partial charge in [-0.15, -0.1) is 15.3 Å². The average molecular weight is 548 g/mol. The standard InChI is InChI=1S/C23H23Cl2N7O5/c1-4-5-6-36-23(35)27-20-21(33)28-22(34)32(31-20)12-7-15(24)18(16(25)8-12)37-17-9-13-14(11(2)3)10-26-19(13)30-29-17/h7-11H,4-6H2,1-3H3,(H,26,30)(H,27,31,35)(H,28,33,34). The quantitative estimate of drug-likeness (QED) is 0.266. The summed E-state index contributed by atoms with van der Waals surface area (Å²) in [6.45, 7) is 6.22. The highest BCUT2D eigenvalue weighted by molar-refractivity contribution is 6.37. The van der Waals surface area contributed by atoms with E-state index in [2.05, 4.69) is 44.4 Å².